The van der Waals surface area contributed by atoms with E-state index in [-0.39, 0.29) is 5.56 Å². The third-order valence-electron chi connectivity index (χ3n) is 2.94. The van der Waals surface area contributed by atoms with Crippen LogP contribution < -0.4 is 5.32 Å². The van der Waals surface area contributed by atoms with Crippen molar-refractivity contribution in [3.8, 4) is 0 Å². The van der Waals surface area contributed by atoms with Crippen LogP contribution in [0.3, 0.4) is 0 Å². The number of nitrogens with one attached hydrogen (secondary N) is 1. The summed E-state index contributed by atoms with van der Waals surface area (Å²) in [5.74, 6) is -2.75. The van der Waals surface area contributed by atoms with Crippen molar-refractivity contribution in [1.82, 2.24) is 0 Å². The zero-order valence-electron chi connectivity index (χ0n) is 10.8. The van der Waals surface area contributed by atoms with E-state index in [0.29, 0.717) is 12.1 Å². The first-order valence-corrected chi connectivity index (χ1v) is 5.99. The highest BCUT2D eigenvalue weighted by molar-refractivity contribution is 5.88. The van der Waals surface area contributed by atoms with Crippen molar-refractivity contribution < 1.29 is 18.7 Å². The van der Waals surface area contributed by atoms with Gasteiger partial charge in [0.1, 0.15) is 0 Å². The topological polar surface area (TPSA) is 49.3 Å². The lowest BCUT2D eigenvalue weighted by atomic mass is 10.1. The molecule has 0 amide bonds. The zero-order chi connectivity index (χ0) is 14.7. The van der Waals surface area contributed by atoms with Crippen molar-refractivity contribution >= 4 is 11.7 Å². The third-order valence-corrected chi connectivity index (χ3v) is 2.94. The van der Waals surface area contributed by atoms with Gasteiger partial charge in [-0.2, -0.15) is 0 Å². The lowest BCUT2D eigenvalue weighted by Crippen LogP contribution is -2.03. The first-order chi connectivity index (χ1) is 9.47. The summed E-state index contributed by atoms with van der Waals surface area (Å²) in [6, 6.07) is 8.39. The number of carbonyl (C=O) groups is 1. The Hall–Kier alpha value is -2.43. The molecule has 2 rings (SSSR count). The van der Waals surface area contributed by atoms with Crippen molar-refractivity contribution in [2.45, 2.75) is 13.5 Å². The van der Waals surface area contributed by atoms with Gasteiger partial charge in [-0.3, -0.25) is 0 Å². The maximum absolute atomic E-state index is 13.1. The highest BCUT2D eigenvalue weighted by Gasteiger charge is 2.06. The lowest BCUT2D eigenvalue weighted by molar-refractivity contribution is 0.0697. The molecule has 0 aromatic heterocycles. The van der Waals surface area contributed by atoms with E-state index in [4.69, 9.17) is 5.11 Å². The first-order valence-electron chi connectivity index (χ1n) is 5.99. The first kappa shape index (κ1) is 14.0. The standard InChI is InChI=1S/C15H13F2NO2/c1-9-6-11(15(19)20)3-5-14(9)18-8-10-2-4-12(16)13(17)7-10/h2-7,18H,8H2,1H3,(H,19,20). The molecule has 2 aromatic rings. The van der Waals surface area contributed by atoms with Gasteiger partial charge in [-0.15, -0.1) is 0 Å². The summed E-state index contributed by atoms with van der Waals surface area (Å²) < 4.78 is 25.9. The van der Waals surface area contributed by atoms with Gasteiger partial charge < -0.3 is 10.4 Å². The van der Waals surface area contributed by atoms with Crippen molar-refractivity contribution in [1.29, 1.82) is 0 Å². The SMILES string of the molecule is Cc1cc(C(=O)O)ccc1NCc1ccc(F)c(F)c1. The van der Waals surface area contributed by atoms with Crippen LogP contribution in [0.2, 0.25) is 0 Å². The Morgan fingerprint density at radius 2 is 1.90 bits per heavy atom. The second kappa shape index (κ2) is 5.69. The Kier molecular flexibility index (Phi) is 3.98. The summed E-state index contributed by atoms with van der Waals surface area (Å²) in [6.45, 7) is 2.10. The maximum Gasteiger partial charge on any atom is 0.335 e. The largest absolute Gasteiger partial charge is 0.478 e. The molecular formula is C15H13F2NO2. The average molecular weight is 277 g/mol. The fourth-order valence-corrected chi connectivity index (χ4v) is 1.84. The molecule has 0 aliphatic heterocycles. The molecule has 0 unspecified atom stereocenters. The van der Waals surface area contributed by atoms with E-state index in [9.17, 15) is 13.6 Å². The summed E-state index contributed by atoms with van der Waals surface area (Å²) in [7, 11) is 0. The number of carboxylic acids is 1. The fraction of sp³-hybridized carbons (Fsp3) is 0.133. The lowest BCUT2D eigenvalue weighted by Gasteiger charge is -2.10. The molecule has 104 valence electrons. The van der Waals surface area contributed by atoms with Crippen molar-refractivity contribution in [2.75, 3.05) is 5.32 Å². The van der Waals surface area contributed by atoms with E-state index in [0.717, 1.165) is 23.4 Å². The number of benzene rings is 2. The number of hydrogen-bond donors (Lipinski definition) is 2. The van der Waals surface area contributed by atoms with Crippen LogP contribution in [0.25, 0.3) is 0 Å². The Morgan fingerprint density at radius 1 is 1.15 bits per heavy atom. The van der Waals surface area contributed by atoms with Crippen LogP contribution >= 0.6 is 0 Å². The number of aryl methyl sites for hydroxylation is 1. The molecule has 2 N–H and O–H groups in total. The number of carboxylic acid groups (broad SMARTS) is 1. The van der Waals surface area contributed by atoms with Gasteiger partial charge in [-0.25, -0.2) is 13.6 Å². The zero-order valence-corrected chi connectivity index (χ0v) is 10.8. The van der Waals surface area contributed by atoms with Crippen LogP contribution in [0.5, 0.6) is 0 Å². The second-order valence-electron chi connectivity index (χ2n) is 4.44. The quantitative estimate of drug-likeness (QED) is 0.898. The van der Waals surface area contributed by atoms with Crippen LogP contribution in [0, 0.1) is 18.6 Å². The summed E-state index contributed by atoms with van der Waals surface area (Å²) in [6.07, 6.45) is 0. The monoisotopic (exact) mass is 277 g/mol. The highest BCUT2D eigenvalue weighted by atomic mass is 19.2. The predicted octanol–water partition coefficient (Wildman–Crippen LogP) is 3.58. The van der Waals surface area contributed by atoms with Gasteiger partial charge in [0.25, 0.3) is 0 Å². The fourth-order valence-electron chi connectivity index (χ4n) is 1.84. The smallest absolute Gasteiger partial charge is 0.335 e. The van der Waals surface area contributed by atoms with Crippen LogP contribution in [-0.2, 0) is 6.54 Å². The van der Waals surface area contributed by atoms with E-state index >= 15 is 0 Å². The molecule has 0 bridgehead atoms. The second-order valence-corrected chi connectivity index (χ2v) is 4.44. The molecule has 0 aliphatic carbocycles. The molecule has 0 fully saturated rings. The van der Waals surface area contributed by atoms with Gasteiger partial charge in [-0.1, -0.05) is 6.07 Å². The van der Waals surface area contributed by atoms with Crippen molar-refractivity contribution in [2.24, 2.45) is 0 Å². The number of rotatable bonds is 4. The summed E-state index contributed by atoms with van der Waals surface area (Å²) in [4.78, 5) is 10.8. The minimum Gasteiger partial charge on any atom is -0.478 e. The maximum atomic E-state index is 13.1. The molecule has 0 spiro atoms. The Labute approximate surface area is 114 Å². The average Bonchev–Trinajstić information content (AvgIpc) is 2.41. The number of halogens is 2. The molecule has 0 saturated carbocycles. The molecule has 2 aromatic carbocycles. The van der Waals surface area contributed by atoms with E-state index in [2.05, 4.69) is 5.32 Å². The van der Waals surface area contributed by atoms with Crippen LogP contribution in [0.1, 0.15) is 21.5 Å². The van der Waals surface area contributed by atoms with E-state index in [1.165, 1.54) is 12.1 Å². The molecule has 20 heavy (non-hydrogen) atoms. The Morgan fingerprint density at radius 3 is 2.50 bits per heavy atom. The third kappa shape index (κ3) is 3.12. The van der Waals surface area contributed by atoms with E-state index in [1.54, 1.807) is 19.1 Å². The van der Waals surface area contributed by atoms with Gasteiger partial charge in [0, 0.05) is 12.2 Å². The highest BCUT2D eigenvalue weighted by Crippen LogP contribution is 2.18. The Balaban J connectivity index is 2.10. The van der Waals surface area contributed by atoms with Crippen LogP contribution in [-0.4, -0.2) is 11.1 Å². The van der Waals surface area contributed by atoms with Gasteiger partial charge >= 0.3 is 5.97 Å². The number of anilines is 1. The van der Waals surface area contributed by atoms with Gasteiger partial charge in [-0.05, 0) is 48.4 Å². The van der Waals surface area contributed by atoms with E-state index < -0.39 is 17.6 Å². The number of aromatic carboxylic acids is 1. The molecular weight excluding hydrogens is 264 g/mol. The minimum atomic E-state index is -0.986. The molecule has 0 heterocycles. The minimum absolute atomic E-state index is 0.209. The van der Waals surface area contributed by atoms with Crippen molar-refractivity contribution in [3.05, 3.63) is 64.7 Å². The van der Waals surface area contributed by atoms with Gasteiger partial charge in [0.05, 0.1) is 5.56 Å². The molecule has 5 heteroatoms. The van der Waals surface area contributed by atoms with Crippen LogP contribution in [0.15, 0.2) is 36.4 Å². The van der Waals surface area contributed by atoms with Gasteiger partial charge in [0.2, 0.25) is 0 Å². The Bertz CT molecular complexity index is 656. The molecule has 0 atom stereocenters. The molecule has 0 saturated heterocycles. The van der Waals surface area contributed by atoms with Crippen LogP contribution in [0.4, 0.5) is 14.5 Å². The summed E-state index contributed by atoms with van der Waals surface area (Å²) in [5, 5.41) is 11.9. The van der Waals surface area contributed by atoms with Gasteiger partial charge in [0.15, 0.2) is 11.6 Å². The molecule has 3 nitrogen and oxygen atoms in total. The molecule has 0 aliphatic rings. The number of hydrogen-bond acceptors (Lipinski definition) is 2. The summed E-state index contributed by atoms with van der Waals surface area (Å²) in [5.41, 5.74) is 2.33. The normalized spacial score (nSPS) is 10.3. The predicted molar refractivity (Wildman–Crippen MR) is 71.8 cm³/mol. The van der Waals surface area contributed by atoms with Crippen molar-refractivity contribution in [3.63, 3.8) is 0 Å². The summed E-state index contributed by atoms with van der Waals surface area (Å²) >= 11 is 0. The molecule has 0 radical (unpaired) electrons. The van der Waals surface area contributed by atoms with E-state index in [1.807, 2.05) is 0 Å².